The number of hydrogen-bond acceptors (Lipinski definition) is 4. The van der Waals surface area contributed by atoms with Crippen LogP contribution >= 0.6 is 24.0 Å². The lowest BCUT2D eigenvalue weighted by Crippen LogP contribution is -2.51. The fourth-order valence-electron chi connectivity index (χ4n) is 3.64. The van der Waals surface area contributed by atoms with Crippen molar-refractivity contribution in [3.8, 4) is 0 Å². The van der Waals surface area contributed by atoms with E-state index in [1.54, 1.807) is 0 Å². The topological polar surface area (TPSA) is 52.1 Å². The van der Waals surface area contributed by atoms with Crippen LogP contribution in [0.5, 0.6) is 0 Å². The van der Waals surface area contributed by atoms with Gasteiger partial charge in [-0.05, 0) is 31.7 Å². The zero-order valence-electron chi connectivity index (χ0n) is 17.2. The number of halogens is 1. The number of aliphatic imine (C=N–C) groups is 1. The predicted octanol–water partition coefficient (Wildman–Crippen LogP) is 2.00. The Labute approximate surface area is 177 Å². The molecule has 6 nitrogen and oxygen atoms in total. The van der Waals surface area contributed by atoms with Crippen molar-refractivity contribution in [2.75, 3.05) is 59.5 Å². The Bertz CT molecular complexity index is 397. The van der Waals surface area contributed by atoms with Gasteiger partial charge in [-0.3, -0.25) is 14.8 Å². The first-order valence-corrected chi connectivity index (χ1v) is 10.1. The molecule has 2 aliphatic rings. The Hall–Kier alpha value is -0.120. The van der Waals surface area contributed by atoms with Gasteiger partial charge in [0.25, 0.3) is 0 Å². The highest BCUT2D eigenvalue weighted by Crippen LogP contribution is 2.25. The highest BCUT2D eigenvalue weighted by molar-refractivity contribution is 14.0. The molecule has 1 atom stereocenters. The van der Waals surface area contributed by atoms with E-state index in [2.05, 4.69) is 46.2 Å². The van der Waals surface area contributed by atoms with Crippen LogP contribution in [-0.2, 0) is 4.74 Å². The Kier molecular flexibility index (Phi) is 12.1. The second kappa shape index (κ2) is 13.1. The van der Waals surface area contributed by atoms with E-state index in [1.165, 1.54) is 19.3 Å². The predicted molar refractivity (Wildman–Crippen MR) is 121 cm³/mol. The van der Waals surface area contributed by atoms with E-state index in [9.17, 15) is 0 Å². The summed E-state index contributed by atoms with van der Waals surface area (Å²) in [6, 6.07) is 1.37. The molecule has 154 valence electrons. The van der Waals surface area contributed by atoms with Crippen LogP contribution in [0.2, 0.25) is 0 Å². The number of guanidine groups is 1. The normalized spacial score (nSPS) is 20.2. The molecule has 1 heterocycles. The van der Waals surface area contributed by atoms with Crippen molar-refractivity contribution in [1.82, 2.24) is 20.4 Å². The van der Waals surface area contributed by atoms with Crippen molar-refractivity contribution in [2.45, 2.75) is 52.1 Å². The van der Waals surface area contributed by atoms with Crippen LogP contribution in [0.25, 0.3) is 0 Å². The van der Waals surface area contributed by atoms with Gasteiger partial charge in [0.05, 0.1) is 13.2 Å². The maximum atomic E-state index is 5.51. The number of morpholine rings is 1. The first kappa shape index (κ1) is 23.9. The second-order valence-electron chi connectivity index (χ2n) is 7.67. The van der Waals surface area contributed by atoms with Crippen molar-refractivity contribution in [3.05, 3.63) is 0 Å². The first-order chi connectivity index (χ1) is 12.1. The van der Waals surface area contributed by atoms with Crippen molar-refractivity contribution in [1.29, 1.82) is 0 Å². The summed E-state index contributed by atoms with van der Waals surface area (Å²) in [5, 5.41) is 7.03. The summed E-state index contributed by atoms with van der Waals surface area (Å²) >= 11 is 0. The minimum absolute atomic E-state index is 0. The van der Waals surface area contributed by atoms with Crippen molar-refractivity contribution in [3.63, 3.8) is 0 Å². The Morgan fingerprint density at radius 2 is 1.92 bits per heavy atom. The molecule has 1 aliphatic heterocycles. The monoisotopic (exact) mass is 481 g/mol. The first-order valence-electron chi connectivity index (χ1n) is 10.1. The van der Waals surface area contributed by atoms with Crippen LogP contribution in [0, 0.1) is 5.92 Å². The molecule has 26 heavy (non-hydrogen) atoms. The lowest BCUT2D eigenvalue weighted by atomic mass is 10.0. The van der Waals surface area contributed by atoms with E-state index in [4.69, 9.17) is 4.74 Å². The van der Waals surface area contributed by atoms with E-state index in [0.29, 0.717) is 12.0 Å². The molecule has 0 amide bonds. The van der Waals surface area contributed by atoms with Crippen LogP contribution in [0.15, 0.2) is 4.99 Å². The molecule has 0 aromatic heterocycles. The van der Waals surface area contributed by atoms with Gasteiger partial charge in [0.2, 0.25) is 0 Å². The molecule has 0 spiro atoms. The molecule has 1 aliphatic carbocycles. The van der Waals surface area contributed by atoms with E-state index in [-0.39, 0.29) is 24.0 Å². The van der Waals surface area contributed by atoms with Gasteiger partial charge in [0, 0.05) is 51.9 Å². The van der Waals surface area contributed by atoms with Gasteiger partial charge in [-0.1, -0.05) is 20.8 Å². The summed E-state index contributed by atoms with van der Waals surface area (Å²) in [6.07, 6.45) is 3.95. The number of hydrogen-bond donors (Lipinski definition) is 2. The third kappa shape index (κ3) is 8.71. The third-order valence-electron chi connectivity index (χ3n) is 5.20. The third-order valence-corrected chi connectivity index (χ3v) is 5.20. The Balaban J connectivity index is 0.00000338. The van der Waals surface area contributed by atoms with Crippen LogP contribution in [-0.4, -0.2) is 87.4 Å². The van der Waals surface area contributed by atoms with Gasteiger partial charge >= 0.3 is 0 Å². The van der Waals surface area contributed by atoms with Crippen molar-refractivity contribution in [2.24, 2.45) is 10.9 Å². The maximum Gasteiger partial charge on any atom is 0.191 e. The fraction of sp³-hybridized carbons (Fsp3) is 0.947. The number of nitrogens with zero attached hydrogens (tertiary/aromatic N) is 3. The number of nitrogens with one attached hydrogen (secondary N) is 2. The fourth-order valence-corrected chi connectivity index (χ4v) is 3.64. The lowest BCUT2D eigenvalue weighted by molar-refractivity contribution is 0.0132. The van der Waals surface area contributed by atoms with E-state index >= 15 is 0 Å². The minimum atomic E-state index is 0. The molecule has 1 saturated heterocycles. The van der Waals surface area contributed by atoms with Gasteiger partial charge in [-0.15, -0.1) is 24.0 Å². The maximum absolute atomic E-state index is 5.51. The van der Waals surface area contributed by atoms with Crippen LogP contribution in [0.1, 0.15) is 40.0 Å². The van der Waals surface area contributed by atoms with Crippen LogP contribution in [0.3, 0.4) is 0 Å². The molecule has 0 bridgehead atoms. The number of ether oxygens (including phenoxy) is 1. The average molecular weight is 481 g/mol. The summed E-state index contributed by atoms with van der Waals surface area (Å²) in [5.41, 5.74) is 0. The molecular formula is C19H40IN5O. The summed E-state index contributed by atoms with van der Waals surface area (Å²) in [6.45, 7) is 14.8. The van der Waals surface area contributed by atoms with Crippen LogP contribution < -0.4 is 10.6 Å². The number of likely N-dealkylation sites (N-methyl/N-ethyl adjacent to an activating group) is 1. The largest absolute Gasteiger partial charge is 0.379 e. The quantitative estimate of drug-likeness (QED) is 0.284. The van der Waals surface area contributed by atoms with Gasteiger partial charge in [0.15, 0.2) is 5.96 Å². The molecule has 2 fully saturated rings. The molecule has 0 radical (unpaired) electrons. The van der Waals surface area contributed by atoms with Gasteiger partial charge in [-0.25, -0.2) is 0 Å². The zero-order chi connectivity index (χ0) is 18.1. The van der Waals surface area contributed by atoms with Crippen molar-refractivity contribution >= 4 is 29.9 Å². The Morgan fingerprint density at radius 3 is 2.46 bits per heavy atom. The zero-order valence-corrected chi connectivity index (χ0v) is 19.5. The van der Waals surface area contributed by atoms with Gasteiger partial charge in [0.1, 0.15) is 0 Å². The second-order valence-corrected chi connectivity index (χ2v) is 7.67. The van der Waals surface area contributed by atoms with Crippen LogP contribution in [0.4, 0.5) is 0 Å². The minimum Gasteiger partial charge on any atom is -0.379 e. The molecule has 0 aromatic carbocycles. The highest BCUT2D eigenvalue weighted by atomic mass is 127. The summed E-state index contributed by atoms with van der Waals surface area (Å²) in [4.78, 5) is 9.53. The molecule has 1 saturated carbocycles. The smallest absolute Gasteiger partial charge is 0.191 e. The molecule has 2 N–H and O–H groups in total. The molecule has 0 aromatic rings. The number of rotatable bonds is 10. The van der Waals surface area contributed by atoms with Gasteiger partial charge < -0.3 is 15.4 Å². The van der Waals surface area contributed by atoms with E-state index in [1.807, 2.05) is 7.05 Å². The standard InChI is InChI=1S/C19H39N5O.HI/c1-5-23(17-6-7-17)9-8-21-19(20-4)22-15-18(14-16(2)3)24-10-12-25-13-11-24;/h16-18H,5-15H2,1-4H3,(H2,20,21,22);1H. The summed E-state index contributed by atoms with van der Waals surface area (Å²) in [5.74, 6) is 1.62. The van der Waals surface area contributed by atoms with E-state index < -0.39 is 0 Å². The molecule has 1 unspecified atom stereocenters. The lowest BCUT2D eigenvalue weighted by Gasteiger charge is -2.35. The molecule has 7 heteroatoms. The average Bonchev–Trinajstić information content (AvgIpc) is 3.45. The van der Waals surface area contributed by atoms with Crippen molar-refractivity contribution < 1.29 is 4.74 Å². The van der Waals surface area contributed by atoms with E-state index in [0.717, 1.165) is 64.5 Å². The SMILES string of the molecule is CCN(CCNC(=NC)NCC(CC(C)C)N1CCOCC1)C1CC1.I. The molecular weight excluding hydrogens is 441 g/mol. The van der Waals surface area contributed by atoms with Gasteiger partial charge in [-0.2, -0.15) is 0 Å². The summed E-state index contributed by atoms with van der Waals surface area (Å²) < 4.78 is 5.51. The molecule has 2 rings (SSSR count). The Morgan fingerprint density at radius 1 is 1.23 bits per heavy atom. The highest BCUT2D eigenvalue weighted by Gasteiger charge is 2.27. The summed E-state index contributed by atoms with van der Waals surface area (Å²) in [7, 11) is 1.86.